The minimum Gasteiger partial charge on any atom is -0.351 e. The molecule has 112 valence electrons. The summed E-state index contributed by atoms with van der Waals surface area (Å²) in [6.07, 6.45) is 1.46. The molecule has 0 unspecified atom stereocenters. The van der Waals surface area contributed by atoms with E-state index in [4.69, 9.17) is 11.0 Å². The molecule has 0 bridgehead atoms. The highest BCUT2D eigenvalue weighted by Crippen LogP contribution is 2.25. The van der Waals surface area contributed by atoms with E-state index >= 15 is 0 Å². The average molecular weight is 288 g/mol. The van der Waals surface area contributed by atoms with Crippen molar-refractivity contribution in [3.05, 3.63) is 28.6 Å². The second-order valence-electron chi connectivity index (χ2n) is 5.82. The summed E-state index contributed by atoms with van der Waals surface area (Å²) in [4.78, 5) is 22.4. The summed E-state index contributed by atoms with van der Waals surface area (Å²) in [6, 6.07) is 2.70. The number of aromatic nitrogens is 1. The number of rotatable bonds is 2. The van der Waals surface area contributed by atoms with Gasteiger partial charge in [0.2, 0.25) is 0 Å². The molecule has 0 radical (unpaired) electrons. The molecule has 3 N–H and O–H groups in total. The van der Waals surface area contributed by atoms with Gasteiger partial charge in [0.25, 0.3) is 5.91 Å². The van der Waals surface area contributed by atoms with Crippen molar-refractivity contribution in [2.75, 3.05) is 0 Å². The van der Waals surface area contributed by atoms with Gasteiger partial charge in [0, 0.05) is 16.9 Å². The largest absolute Gasteiger partial charge is 0.351 e. The van der Waals surface area contributed by atoms with Crippen molar-refractivity contribution in [3.63, 3.8) is 0 Å². The Kier molecular flexibility index (Phi) is 4.58. The van der Waals surface area contributed by atoms with Gasteiger partial charge in [-0.3, -0.25) is 10.1 Å². The number of carbonyl (C=O) groups is 2. The third-order valence-electron chi connectivity index (χ3n) is 3.04. The molecule has 0 saturated carbocycles. The average Bonchev–Trinajstić information content (AvgIpc) is 2.59. The highest BCUT2D eigenvalue weighted by Gasteiger charge is 2.20. The third kappa shape index (κ3) is 3.72. The Hall–Kier alpha value is -2.55. The van der Waals surface area contributed by atoms with Crippen molar-refractivity contribution in [1.29, 1.82) is 5.26 Å². The fraction of sp³-hybridized carbons (Fsp3) is 0.400. The first kappa shape index (κ1) is 16.5. The Morgan fingerprint density at radius 1 is 1.38 bits per heavy atom. The van der Waals surface area contributed by atoms with E-state index in [1.807, 2.05) is 25.2 Å². The second-order valence-corrected chi connectivity index (χ2v) is 5.82. The topological polar surface area (TPSA) is 101 Å². The standard InChI is InChI=1S/C15H20N4O2/c1-9-6-11(10(2)19(9)15(3,4)5)7-12(8-16)13(20)18-14(17)21/h6-7H,1-5H3,(H3,17,18,20,21)/b12-7-. The Morgan fingerprint density at radius 2 is 1.95 bits per heavy atom. The maximum Gasteiger partial charge on any atom is 0.319 e. The molecule has 0 aliphatic rings. The normalized spacial score (nSPS) is 11.9. The molecule has 0 aromatic carbocycles. The summed E-state index contributed by atoms with van der Waals surface area (Å²) in [5, 5.41) is 10.9. The lowest BCUT2D eigenvalue weighted by atomic mass is 10.1. The summed E-state index contributed by atoms with van der Waals surface area (Å²) in [6.45, 7) is 10.1. The zero-order valence-corrected chi connectivity index (χ0v) is 12.9. The van der Waals surface area contributed by atoms with Crippen LogP contribution in [-0.2, 0) is 10.3 Å². The molecular weight excluding hydrogens is 268 g/mol. The molecule has 1 aromatic heterocycles. The molecule has 21 heavy (non-hydrogen) atoms. The van der Waals surface area contributed by atoms with E-state index < -0.39 is 11.9 Å². The number of hydrogen-bond donors (Lipinski definition) is 2. The lowest BCUT2D eigenvalue weighted by Crippen LogP contribution is -2.35. The molecule has 0 spiro atoms. The molecule has 1 rings (SSSR count). The number of nitrogens with two attached hydrogens (primary N) is 1. The summed E-state index contributed by atoms with van der Waals surface area (Å²) < 4.78 is 2.12. The van der Waals surface area contributed by atoms with E-state index in [2.05, 4.69) is 25.3 Å². The monoisotopic (exact) mass is 288 g/mol. The summed E-state index contributed by atoms with van der Waals surface area (Å²) in [5.74, 6) is -0.800. The maximum absolute atomic E-state index is 11.7. The maximum atomic E-state index is 11.7. The number of urea groups is 1. The molecule has 0 aliphatic carbocycles. The summed E-state index contributed by atoms with van der Waals surface area (Å²) in [7, 11) is 0. The zero-order valence-electron chi connectivity index (χ0n) is 12.9. The van der Waals surface area contributed by atoms with E-state index in [0.29, 0.717) is 0 Å². The van der Waals surface area contributed by atoms with Crippen LogP contribution in [0.4, 0.5) is 4.79 Å². The highest BCUT2D eigenvalue weighted by molar-refractivity contribution is 6.08. The van der Waals surface area contributed by atoms with Crippen molar-refractivity contribution in [1.82, 2.24) is 9.88 Å². The van der Waals surface area contributed by atoms with Gasteiger partial charge in [0.1, 0.15) is 11.6 Å². The number of aryl methyl sites for hydroxylation is 1. The number of nitrogens with one attached hydrogen (secondary N) is 1. The predicted molar refractivity (Wildman–Crippen MR) is 80.2 cm³/mol. The predicted octanol–water partition coefficient (Wildman–Crippen LogP) is 1.96. The van der Waals surface area contributed by atoms with E-state index in [1.165, 1.54) is 6.08 Å². The summed E-state index contributed by atoms with van der Waals surface area (Å²) >= 11 is 0. The SMILES string of the molecule is Cc1cc(/C=C(/C#N)C(=O)NC(N)=O)c(C)n1C(C)(C)C. The molecule has 1 aromatic rings. The summed E-state index contributed by atoms with van der Waals surface area (Å²) in [5.41, 5.74) is 7.34. The van der Waals surface area contributed by atoms with Gasteiger partial charge in [-0.2, -0.15) is 5.26 Å². The van der Waals surface area contributed by atoms with Gasteiger partial charge >= 0.3 is 6.03 Å². The smallest absolute Gasteiger partial charge is 0.319 e. The number of nitriles is 1. The molecule has 0 saturated heterocycles. The molecule has 6 heteroatoms. The van der Waals surface area contributed by atoms with Gasteiger partial charge in [-0.1, -0.05) is 0 Å². The van der Waals surface area contributed by atoms with Gasteiger partial charge in [0.15, 0.2) is 0 Å². The number of hydrogen-bond acceptors (Lipinski definition) is 3. The van der Waals surface area contributed by atoms with Crippen LogP contribution in [0.2, 0.25) is 0 Å². The lowest BCUT2D eigenvalue weighted by Gasteiger charge is -2.25. The molecule has 0 fully saturated rings. The molecule has 3 amide bonds. The van der Waals surface area contributed by atoms with Gasteiger partial charge in [-0.15, -0.1) is 0 Å². The quantitative estimate of drug-likeness (QED) is 0.642. The van der Waals surface area contributed by atoms with Crippen molar-refractivity contribution in [2.24, 2.45) is 5.73 Å². The Labute approximate surface area is 124 Å². The number of amides is 3. The van der Waals surface area contributed by atoms with Crippen LogP contribution in [0.25, 0.3) is 6.08 Å². The lowest BCUT2D eigenvalue weighted by molar-refractivity contribution is -0.115. The van der Waals surface area contributed by atoms with Crippen molar-refractivity contribution < 1.29 is 9.59 Å². The molecule has 6 nitrogen and oxygen atoms in total. The van der Waals surface area contributed by atoms with Gasteiger partial charge in [0.05, 0.1) is 0 Å². The fourth-order valence-electron chi connectivity index (χ4n) is 2.45. The Morgan fingerprint density at radius 3 is 2.33 bits per heavy atom. The van der Waals surface area contributed by atoms with Crippen LogP contribution in [0.1, 0.15) is 37.7 Å². The van der Waals surface area contributed by atoms with Crippen LogP contribution < -0.4 is 11.1 Å². The van der Waals surface area contributed by atoms with Crippen LogP contribution in [-0.4, -0.2) is 16.5 Å². The van der Waals surface area contributed by atoms with Crippen molar-refractivity contribution in [3.8, 4) is 6.07 Å². The van der Waals surface area contributed by atoms with E-state index in [1.54, 1.807) is 6.07 Å². The molecule has 0 aliphatic heterocycles. The van der Waals surface area contributed by atoms with Crippen LogP contribution >= 0.6 is 0 Å². The minimum atomic E-state index is -0.985. The Balaban J connectivity index is 3.29. The van der Waals surface area contributed by atoms with Crippen LogP contribution in [0, 0.1) is 25.2 Å². The highest BCUT2D eigenvalue weighted by atomic mass is 16.2. The van der Waals surface area contributed by atoms with Crippen LogP contribution in [0.3, 0.4) is 0 Å². The molecular formula is C15H20N4O2. The minimum absolute atomic E-state index is 0.109. The number of nitrogens with zero attached hydrogens (tertiary/aromatic N) is 2. The molecule has 0 atom stereocenters. The van der Waals surface area contributed by atoms with E-state index in [9.17, 15) is 9.59 Å². The van der Waals surface area contributed by atoms with Crippen LogP contribution in [0.5, 0.6) is 0 Å². The van der Waals surface area contributed by atoms with Gasteiger partial charge < -0.3 is 10.3 Å². The third-order valence-corrected chi connectivity index (χ3v) is 3.04. The first-order valence-electron chi connectivity index (χ1n) is 6.50. The number of primary amides is 1. The van der Waals surface area contributed by atoms with Gasteiger partial charge in [-0.05, 0) is 52.3 Å². The van der Waals surface area contributed by atoms with Gasteiger partial charge in [-0.25, -0.2) is 4.79 Å². The molecule has 1 heterocycles. The van der Waals surface area contributed by atoms with Crippen LogP contribution in [0.15, 0.2) is 11.6 Å². The number of imide groups is 1. The fourth-order valence-corrected chi connectivity index (χ4v) is 2.45. The zero-order chi connectivity index (χ0) is 16.4. The second kappa shape index (κ2) is 5.83. The van der Waals surface area contributed by atoms with Crippen molar-refractivity contribution >= 4 is 18.0 Å². The Bertz CT molecular complexity index is 654. The first-order chi connectivity index (χ1) is 9.57. The van der Waals surface area contributed by atoms with E-state index in [0.717, 1.165) is 17.0 Å². The van der Waals surface area contributed by atoms with E-state index in [-0.39, 0.29) is 11.1 Å². The van der Waals surface area contributed by atoms with Crippen molar-refractivity contribution in [2.45, 2.75) is 40.2 Å². The first-order valence-corrected chi connectivity index (χ1v) is 6.50. The number of carbonyl (C=O) groups excluding carboxylic acids is 2.